The Labute approximate surface area is 126 Å². The second kappa shape index (κ2) is 12.9. The SMILES string of the molecule is CCOCCCNC(N)=NCC(C)C(=O)OC.I. The molecule has 6 nitrogen and oxygen atoms in total. The molecule has 18 heavy (non-hydrogen) atoms. The number of nitrogens with zero attached hydrogens (tertiary/aromatic N) is 1. The van der Waals surface area contributed by atoms with Crippen molar-refractivity contribution in [3.63, 3.8) is 0 Å². The number of halogens is 1. The summed E-state index contributed by atoms with van der Waals surface area (Å²) >= 11 is 0. The van der Waals surface area contributed by atoms with Gasteiger partial charge in [-0.05, 0) is 13.3 Å². The summed E-state index contributed by atoms with van der Waals surface area (Å²) in [5.74, 6) is -0.209. The van der Waals surface area contributed by atoms with Crippen LogP contribution in [0.25, 0.3) is 0 Å². The van der Waals surface area contributed by atoms with Crippen molar-refractivity contribution >= 4 is 35.9 Å². The van der Waals surface area contributed by atoms with Gasteiger partial charge in [-0.15, -0.1) is 24.0 Å². The van der Waals surface area contributed by atoms with Gasteiger partial charge >= 0.3 is 5.97 Å². The van der Waals surface area contributed by atoms with Crippen LogP contribution in [0.15, 0.2) is 4.99 Å². The number of methoxy groups -OCH3 is 1. The lowest BCUT2D eigenvalue weighted by Crippen LogP contribution is -2.33. The van der Waals surface area contributed by atoms with E-state index in [0.29, 0.717) is 25.7 Å². The van der Waals surface area contributed by atoms with Gasteiger partial charge in [0, 0.05) is 19.8 Å². The minimum Gasteiger partial charge on any atom is -0.469 e. The largest absolute Gasteiger partial charge is 0.469 e. The Hall–Kier alpha value is -0.570. The molecule has 0 fully saturated rings. The second-order valence-corrected chi connectivity index (χ2v) is 3.63. The zero-order chi connectivity index (χ0) is 13.1. The van der Waals surface area contributed by atoms with E-state index >= 15 is 0 Å². The summed E-state index contributed by atoms with van der Waals surface area (Å²) in [6.45, 7) is 6.17. The molecule has 0 aliphatic carbocycles. The Morgan fingerprint density at radius 2 is 2.17 bits per heavy atom. The van der Waals surface area contributed by atoms with Gasteiger partial charge in [0.2, 0.25) is 0 Å². The summed E-state index contributed by atoms with van der Waals surface area (Å²) in [7, 11) is 1.36. The number of rotatable bonds is 8. The second-order valence-electron chi connectivity index (χ2n) is 3.63. The number of nitrogens with one attached hydrogen (secondary N) is 1. The van der Waals surface area contributed by atoms with Crippen molar-refractivity contribution in [2.24, 2.45) is 16.6 Å². The first-order chi connectivity index (χ1) is 8.11. The average Bonchev–Trinajstić information content (AvgIpc) is 2.34. The number of esters is 1. The molecule has 1 atom stereocenters. The molecule has 0 bridgehead atoms. The van der Waals surface area contributed by atoms with E-state index in [1.807, 2.05) is 6.92 Å². The summed E-state index contributed by atoms with van der Waals surface area (Å²) in [4.78, 5) is 15.1. The lowest BCUT2D eigenvalue weighted by Gasteiger charge is -2.08. The van der Waals surface area contributed by atoms with Crippen LogP contribution in [0.4, 0.5) is 0 Å². The smallest absolute Gasteiger partial charge is 0.310 e. The van der Waals surface area contributed by atoms with E-state index in [1.165, 1.54) is 7.11 Å². The van der Waals surface area contributed by atoms with E-state index in [0.717, 1.165) is 13.0 Å². The van der Waals surface area contributed by atoms with Crippen molar-refractivity contribution in [3.05, 3.63) is 0 Å². The minimum absolute atomic E-state index is 0. The Bertz CT molecular complexity index is 250. The van der Waals surface area contributed by atoms with Crippen LogP contribution in [0.2, 0.25) is 0 Å². The molecule has 1 unspecified atom stereocenters. The third kappa shape index (κ3) is 10.6. The molecule has 0 amide bonds. The molecule has 3 N–H and O–H groups in total. The molecule has 0 rings (SSSR count). The van der Waals surface area contributed by atoms with Gasteiger partial charge in [-0.1, -0.05) is 6.92 Å². The molecule has 7 heteroatoms. The van der Waals surface area contributed by atoms with E-state index < -0.39 is 0 Å². The topological polar surface area (TPSA) is 85.9 Å². The quantitative estimate of drug-likeness (QED) is 0.216. The molecule has 0 saturated heterocycles. The summed E-state index contributed by atoms with van der Waals surface area (Å²) < 4.78 is 9.76. The van der Waals surface area contributed by atoms with E-state index in [2.05, 4.69) is 15.0 Å². The first kappa shape index (κ1) is 19.8. The minimum atomic E-state index is -0.280. The van der Waals surface area contributed by atoms with Crippen molar-refractivity contribution in [2.75, 3.05) is 33.4 Å². The highest BCUT2D eigenvalue weighted by molar-refractivity contribution is 14.0. The maximum atomic E-state index is 11.1. The molecule has 0 aromatic rings. The third-order valence-corrected chi connectivity index (χ3v) is 2.11. The first-order valence-corrected chi connectivity index (χ1v) is 5.81. The van der Waals surface area contributed by atoms with Gasteiger partial charge in [0.25, 0.3) is 0 Å². The molecule has 0 saturated carbocycles. The molecule has 108 valence electrons. The van der Waals surface area contributed by atoms with Gasteiger partial charge in [0.05, 0.1) is 19.6 Å². The maximum Gasteiger partial charge on any atom is 0.310 e. The standard InChI is InChI=1S/C11H23N3O3.HI/c1-4-17-7-5-6-13-11(12)14-8-9(2)10(15)16-3;/h9H,4-8H2,1-3H3,(H3,12,13,14);1H. The van der Waals surface area contributed by atoms with Crippen LogP contribution in [0.5, 0.6) is 0 Å². The Morgan fingerprint density at radius 1 is 1.50 bits per heavy atom. The number of hydrogen-bond acceptors (Lipinski definition) is 4. The molecule has 0 aliphatic heterocycles. The van der Waals surface area contributed by atoms with Crippen LogP contribution in [0, 0.1) is 5.92 Å². The van der Waals surface area contributed by atoms with Crippen LogP contribution in [-0.2, 0) is 14.3 Å². The molecule has 0 aliphatic rings. The Morgan fingerprint density at radius 3 is 2.72 bits per heavy atom. The van der Waals surface area contributed by atoms with Gasteiger partial charge < -0.3 is 20.5 Å². The number of hydrogen-bond donors (Lipinski definition) is 2. The molecule has 0 spiro atoms. The fourth-order valence-corrected chi connectivity index (χ4v) is 1.10. The van der Waals surface area contributed by atoms with Crippen LogP contribution in [-0.4, -0.2) is 45.3 Å². The fourth-order valence-electron chi connectivity index (χ4n) is 1.10. The van der Waals surface area contributed by atoms with Crippen LogP contribution >= 0.6 is 24.0 Å². The van der Waals surface area contributed by atoms with Crippen molar-refractivity contribution in [3.8, 4) is 0 Å². The van der Waals surface area contributed by atoms with Crippen LogP contribution in [0.1, 0.15) is 20.3 Å². The number of nitrogens with two attached hydrogens (primary N) is 1. The van der Waals surface area contributed by atoms with Crippen molar-refractivity contribution in [1.29, 1.82) is 0 Å². The lowest BCUT2D eigenvalue weighted by molar-refractivity contribution is -0.144. The van der Waals surface area contributed by atoms with Crippen molar-refractivity contribution in [1.82, 2.24) is 5.32 Å². The summed E-state index contributed by atoms with van der Waals surface area (Å²) in [6, 6.07) is 0. The monoisotopic (exact) mass is 373 g/mol. The van der Waals surface area contributed by atoms with E-state index in [-0.39, 0.29) is 35.9 Å². The highest BCUT2D eigenvalue weighted by Crippen LogP contribution is 1.97. The maximum absolute atomic E-state index is 11.1. The van der Waals surface area contributed by atoms with Crippen molar-refractivity contribution < 1.29 is 14.3 Å². The predicted molar refractivity (Wildman–Crippen MR) is 82.2 cm³/mol. The van der Waals surface area contributed by atoms with Gasteiger partial charge in [0.15, 0.2) is 5.96 Å². The van der Waals surface area contributed by atoms with E-state index in [9.17, 15) is 4.79 Å². The molecule has 0 aromatic carbocycles. The average molecular weight is 373 g/mol. The Kier molecular flexibility index (Phi) is 14.1. The summed E-state index contributed by atoms with van der Waals surface area (Å²) in [5.41, 5.74) is 5.62. The highest BCUT2D eigenvalue weighted by Gasteiger charge is 2.11. The summed E-state index contributed by atoms with van der Waals surface area (Å²) in [6.07, 6.45) is 0.872. The Balaban J connectivity index is 0. The van der Waals surface area contributed by atoms with E-state index in [4.69, 9.17) is 10.5 Å². The van der Waals surface area contributed by atoms with Gasteiger partial charge in [-0.25, -0.2) is 0 Å². The molecule has 0 radical (unpaired) electrons. The highest BCUT2D eigenvalue weighted by atomic mass is 127. The fraction of sp³-hybridized carbons (Fsp3) is 0.818. The molecular weight excluding hydrogens is 349 g/mol. The first-order valence-electron chi connectivity index (χ1n) is 5.81. The zero-order valence-corrected chi connectivity index (χ0v) is 13.6. The lowest BCUT2D eigenvalue weighted by atomic mass is 10.2. The third-order valence-electron chi connectivity index (χ3n) is 2.11. The number of aliphatic imine (C=N–C) groups is 1. The van der Waals surface area contributed by atoms with E-state index in [1.54, 1.807) is 6.92 Å². The normalized spacial score (nSPS) is 12.5. The summed E-state index contributed by atoms with van der Waals surface area (Å²) in [5, 5.41) is 2.95. The predicted octanol–water partition coefficient (Wildman–Crippen LogP) is 0.744. The van der Waals surface area contributed by atoms with Gasteiger partial charge in [-0.3, -0.25) is 9.79 Å². The zero-order valence-electron chi connectivity index (χ0n) is 11.3. The van der Waals surface area contributed by atoms with Crippen LogP contribution < -0.4 is 11.1 Å². The molecular formula is C11H24IN3O3. The number of guanidine groups is 1. The number of ether oxygens (including phenoxy) is 2. The molecule has 0 heterocycles. The van der Waals surface area contributed by atoms with Gasteiger partial charge in [0.1, 0.15) is 0 Å². The van der Waals surface area contributed by atoms with Crippen molar-refractivity contribution in [2.45, 2.75) is 20.3 Å². The van der Waals surface area contributed by atoms with Gasteiger partial charge in [-0.2, -0.15) is 0 Å². The van der Waals surface area contributed by atoms with Crippen LogP contribution in [0.3, 0.4) is 0 Å². The molecule has 0 aromatic heterocycles. The number of carbonyl (C=O) groups excluding carboxylic acids is 1. The number of carbonyl (C=O) groups is 1.